The monoisotopic (exact) mass is 296 g/mol. The second-order valence-electron chi connectivity index (χ2n) is 5.41. The number of rotatable bonds is 3. The van der Waals surface area contributed by atoms with E-state index in [1.54, 1.807) is 16.7 Å². The highest BCUT2D eigenvalue weighted by molar-refractivity contribution is 7.89. The lowest BCUT2D eigenvalue weighted by molar-refractivity contribution is 0.313. The molecular weight excluding hydrogens is 276 g/mol. The molecule has 2 aliphatic rings. The summed E-state index contributed by atoms with van der Waals surface area (Å²) in [5.74, 6) is 0.281. The van der Waals surface area contributed by atoms with Crippen molar-refractivity contribution in [3.63, 3.8) is 0 Å². The molecule has 2 aliphatic heterocycles. The Morgan fingerprint density at radius 3 is 2.60 bits per heavy atom. The lowest BCUT2D eigenvalue weighted by Crippen LogP contribution is -2.45. The molecule has 1 unspecified atom stereocenters. The largest absolute Gasteiger partial charge is 0.265 e. The third-order valence-electron chi connectivity index (χ3n) is 4.13. The topological polar surface area (TPSA) is 74.3 Å². The van der Waals surface area contributed by atoms with Gasteiger partial charge in [0.05, 0.1) is 0 Å². The predicted octanol–water partition coefficient (Wildman–Crippen LogP) is 0.0672. The average molecular weight is 296 g/mol. The standard InChI is InChI=1S/C13H20N4O2S/c18-20(19,13-8-15-16-9-13)17-7-1-2-12(10-17)11-3-5-14-6-4-11/h3-6,12-13,15-16H,1-2,7-10H2. The van der Waals surface area contributed by atoms with Gasteiger partial charge in [0.15, 0.2) is 0 Å². The number of hydrogen-bond acceptors (Lipinski definition) is 5. The van der Waals surface area contributed by atoms with Gasteiger partial charge < -0.3 is 0 Å². The Labute approximate surface area is 119 Å². The Bertz CT molecular complexity index is 543. The fourth-order valence-electron chi connectivity index (χ4n) is 2.95. The average Bonchev–Trinajstić information content (AvgIpc) is 3.03. The maximum Gasteiger partial charge on any atom is 0.219 e. The van der Waals surface area contributed by atoms with E-state index in [2.05, 4.69) is 15.8 Å². The molecular formula is C13H20N4O2S. The summed E-state index contributed by atoms with van der Waals surface area (Å²) in [4.78, 5) is 4.02. The summed E-state index contributed by atoms with van der Waals surface area (Å²) in [5, 5.41) is -0.348. The van der Waals surface area contributed by atoms with Crippen LogP contribution in [-0.2, 0) is 10.0 Å². The summed E-state index contributed by atoms with van der Waals surface area (Å²) in [6, 6.07) is 3.97. The molecule has 3 rings (SSSR count). The van der Waals surface area contributed by atoms with E-state index in [1.807, 2.05) is 12.1 Å². The van der Waals surface area contributed by atoms with Gasteiger partial charge in [0.2, 0.25) is 10.0 Å². The molecule has 2 N–H and O–H groups in total. The van der Waals surface area contributed by atoms with Gasteiger partial charge in [-0.05, 0) is 36.5 Å². The molecule has 0 saturated carbocycles. The zero-order valence-corrected chi connectivity index (χ0v) is 12.1. The first-order valence-electron chi connectivity index (χ1n) is 7.02. The molecule has 110 valence electrons. The van der Waals surface area contributed by atoms with Gasteiger partial charge in [-0.3, -0.25) is 15.8 Å². The third kappa shape index (κ3) is 2.71. The number of aromatic nitrogens is 1. The zero-order valence-electron chi connectivity index (χ0n) is 11.3. The number of hydrazine groups is 1. The molecule has 20 heavy (non-hydrogen) atoms. The molecule has 1 atom stereocenters. The molecule has 1 aromatic rings. The predicted molar refractivity (Wildman–Crippen MR) is 76.5 cm³/mol. The molecule has 1 aromatic heterocycles. The van der Waals surface area contributed by atoms with Crippen LogP contribution in [0.5, 0.6) is 0 Å². The smallest absolute Gasteiger partial charge is 0.219 e. The first kappa shape index (κ1) is 13.9. The Morgan fingerprint density at radius 2 is 1.90 bits per heavy atom. The summed E-state index contributed by atoms with van der Waals surface area (Å²) < 4.78 is 26.9. The normalized spacial score (nSPS) is 25.9. The summed E-state index contributed by atoms with van der Waals surface area (Å²) in [6.07, 6.45) is 5.50. The van der Waals surface area contributed by atoms with Crippen molar-refractivity contribution in [2.75, 3.05) is 26.2 Å². The first-order valence-corrected chi connectivity index (χ1v) is 8.53. The quantitative estimate of drug-likeness (QED) is 0.825. The number of nitrogens with one attached hydrogen (secondary N) is 2. The lowest BCUT2D eigenvalue weighted by Gasteiger charge is -2.33. The van der Waals surface area contributed by atoms with Gasteiger partial charge in [-0.1, -0.05) is 0 Å². The van der Waals surface area contributed by atoms with E-state index in [0.717, 1.165) is 12.8 Å². The number of nitrogens with zero attached hydrogens (tertiary/aromatic N) is 2. The summed E-state index contributed by atoms with van der Waals surface area (Å²) in [6.45, 7) is 2.20. The Kier molecular flexibility index (Phi) is 4.02. The van der Waals surface area contributed by atoms with E-state index in [4.69, 9.17) is 0 Å². The maximum atomic E-state index is 12.6. The van der Waals surface area contributed by atoms with Crippen LogP contribution in [0.15, 0.2) is 24.5 Å². The van der Waals surface area contributed by atoms with Crippen LogP contribution >= 0.6 is 0 Å². The van der Waals surface area contributed by atoms with Gasteiger partial charge in [-0.25, -0.2) is 12.7 Å². The third-order valence-corrected chi connectivity index (χ3v) is 6.35. The van der Waals surface area contributed by atoms with E-state index < -0.39 is 10.0 Å². The van der Waals surface area contributed by atoms with Crippen LogP contribution in [-0.4, -0.2) is 49.1 Å². The first-order chi connectivity index (χ1) is 9.68. The number of piperidine rings is 1. The van der Waals surface area contributed by atoms with Crippen molar-refractivity contribution >= 4 is 10.0 Å². The van der Waals surface area contributed by atoms with Crippen LogP contribution in [0.2, 0.25) is 0 Å². The van der Waals surface area contributed by atoms with Gasteiger partial charge in [0, 0.05) is 38.6 Å². The van der Waals surface area contributed by atoms with E-state index in [-0.39, 0.29) is 11.2 Å². The molecule has 2 saturated heterocycles. The fraction of sp³-hybridized carbons (Fsp3) is 0.615. The summed E-state index contributed by atoms with van der Waals surface area (Å²) >= 11 is 0. The van der Waals surface area contributed by atoms with Crippen molar-refractivity contribution in [2.45, 2.75) is 24.0 Å². The molecule has 6 nitrogen and oxygen atoms in total. The number of sulfonamides is 1. The van der Waals surface area contributed by atoms with Crippen LogP contribution in [0.25, 0.3) is 0 Å². The molecule has 0 amide bonds. The summed E-state index contributed by atoms with van der Waals surface area (Å²) in [5.41, 5.74) is 6.98. The van der Waals surface area contributed by atoms with E-state index in [0.29, 0.717) is 26.2 Å². The van der Waals surface area contributed by atoms with Crippen LogP contribution < -0.4 is 10.9 Å². The van der Waals surface area contributed by atoms with E-state index in [1.165, 1.54) is 5.56 Å². The molecule has 0 bridgehead atoms. The van der Waals surface area contributed by atoms with Crippen LogP contribution in [0.1, 0.15) is 24.3 Å². The highest BCUT2D eigenvalue weighted by Crippen LogP contribution is 2.29. The molecule has 0 spiro atoms. The molecule has 2 fully saturated rings. The lowest BCUT2D eigenvalue weighted by atomic mass is 9.92. The minimum absolute atomic E-state index is 0.281. The van der Waals surface area contributed by atoms with Crippen molar-refractivity contribution < 1.29 is 8.42 Å². The zero-order chi connectivity index (χ0) is 14.0. The van der Waals surface area contributed by atoms with Gasteiger partial charge in [-0.2, -0.15) is 0 Å². The number of hydrogen-bond donors (Lipinski definition) is 2. The van der Waals surface area contributed by atoms with Gasteiger partial charge in [0.25, 0.3) is 0 Å². The number of pyridine rings is 1. The van der Waals surface area contributed by atoms with Crippen molar-refractivity contribution in [1.82, 2.24) is 20.1 Å². The van der Waals surface area contributed by atoms with Gasteiger partial charge >= 0.3 is 0 Å². The van der Waals surface area contributed by atoms with E-state index >= 15 is 0 Å². The van der Waals surface area contributed by atoms with Crippen molar-refractivity contribution in [2.24, 2.45) is 0 Å². The van der Waals surface area contributed by atoms with Gasteiger partial charge in [-0.15, -0.1) is 0 Å². The Hall–Kier alpha value is -1.02. The van der Waals surface area contributed by atoms with E-state index in [9.17, 15) is 8.42 Å². The Balaban J connectivity index is 1.75. The molecule has 0 radical (unpaired) electrons. The van der Waals surface area contributed by atoms with Crippen LogP contribution in [0, 0.1) is 0 Å². The molecule has 3 heterocycles. The summed E-state index contributed by atoms with van der Waals surface area (Å²) in [7, 11) is -3.21. The second-order valence-corrected chi connectivity index (χ2v) is 7.62. The minimum atomic E-state index is -3.21. The molecule has 0 aromatic carbocycles. The fourth-order valence-corrected chi connectivity index (χ4v) is 4.73. The van der Waals surface area contributed by atoms with Crippen molar-refractivity contribution in [3.8, 4) is 0 Å². The van der Waals surface area contributed by atoms with Crippen molar-refractivity contribution in [3.05, 3.63) is 30.1 Å². The maximum absolute atomic E-state index is 12.6. The van der Waals surface area contributed by atoms with Crippen molar-refractivity contribution in [1.29, 1.82) is 0 Å². The minimum Gasteiger partial charge on any atom is -0.265 e. The highest BCUT2D eigenvalue weighted by atomic mass is 32.2. The van der Waals surface area contributed by atoms with Gasteiger partial charge in [0.1, 0.15) is 5.25 Å². The highest BCUT2D eigenvalue weighted by Gasteiger charge is 2.36. The second kappa shape index (κ2) is 5.77. The van der Waals surface area contributed by atoms with Crippen LogP contribution in [0.3, 0.4) is 0 Å². The Morgan fingerprint density at radius 1 is 1.20 bits per heavy atom. The van der Waals surface area contributed by atoms with Crippen LogP contribution in [0.4, 0.5) is 0 Å². The molecule has 7 heteroatoms. The SMILES string of the molecule is O=S(=O)(C1CNNC1)N1CCCC(c2ccncc2)C1. The molecule has 0 aliphatic carbocycles.